The molecule has 2 rings (SSSR count). The molecule has 0 amide bonds. The van der Waals surface area contributed by atoms with Crippen LogP contribution in [-0.2, 0) is 6.42 Å². The lowest BCUT2D eigenvalue weighted by Crippen LogP contribution is -2.31. The van der Waals surface area contributed by atoms with E-state index in [0.717, 1.165) is 18.0 Å². The Morgan fingerprint density at radius 1 is 1.50 bits per heavy atom. The zero-order valence-electron chi connectivity index (χ0n) is 9.47. The number of hydrogen-bond donors (Lipinski definition) is 2. The van der Waals surface area contributed by atoms with Crippen LogP contribution in [0, 0.1) is 0 Å². The predicted molar refractivity (Wildman–Crippen MR) is 59.8 cm³/mol. The summed E-state index contributed by atoms with van der Waals surface area (Å²) in [7, 11) is 0. The van der Waals surface area contributed by atoms with Crippen LogP contribution in [0.1, 0.15) is 31.5 Å². The Morgan fingerprint density at radius 3 is 3.00 bits per heavy atom. The maximum Gasteiger partial charge on any atom is 0.141 e. The molecule has 0 bridgehead atoms. The number of furan rings is 1. The van der Waals surface area contributed by atoms with Gasteiger partial charge in [-0.15, -0.1) is 0 Å². The van der Waals surface area contributed by atoms with E-state index in [-0.39, 0.29) is 6.04 Å². The summed E-state index contributed by atoms with van der Waals surface area (Å²) in [6.45, 7) is 4.18. The predicted octanol–water partition coefficient (Wildman–Crippen LogP) is 1.68. The summed E-state index contributed by atoms with van der Waals surface area (Å²) in [4.78, 5) is 4.11. The van der Waals surface area contributed by atoms with Crippen LogP contribution in [0.2, 0.25) is 0 Å². The SMILES string of the molecule is CC(Cc1ccco1)NC(C)c1ncn[nH]1. The first-order valence-electron chi connectivity index (χ1n) is 5.39. The number of hydrogen-bond acceptors (Lipinski definition) is 4. The van der Waals surface area contributed by atoms with E-state index in [4.69, 9.17) is 4.42 Å². The Hall–Kier alpha value is -1.62. The minimum atomic E-state index is 0.160. The molecule has 2 unspecified atom stereocenters. The minimum absolute atomic E-state index is 0.160. The van der Waals surface area contributed by atoms with Gasteiger partial charge in [-0.1, -0.05) is 0 Å². The highest BCUT2D eigenvalue weighted by atomic mass is 16.3. The van der Waals surface area contributed by atoms with Crippen LogP contribution >= 0.6 is 0 Å². The van der Waals surface area contributed by atoms with Gasteiger partial charge >= 0.3 is 0 Å². The second-order valence-corrected chi connectivity index (χ2v) is 3.94. The van der Waals surface area contributed by atoms with Crippen molar-refractivity contribution in [3.63, 3.8) is 0 Å². The molecule has 2 aromatic rings. The van der Waals surface area contributed by atoms with E-state index >= 15 is 0 Å². The summed E-state index contributed by atoms with van der Waals surface area (Å²) in [6.07, 6.45) is 4.08. The number of aromatic amines is 1. The highest BCUT2D eigenvalue weighted by Crippen LogP contribution is 2.09. The molecule has 2 heterocycles. The molecule has 5 nitrogen and oxygen atoms in total. The summed E-state index contributed by atoms with van der Waals surface area (Å²) in [5, 5.41) is 10.1. The van der Waals surface area contributed by atoms with Gasteiger partial charge in [0.2, 0.25) is 0 Å². The average Bonchev–Trinajstić information content (AvgIpc) is 2.88. The quantitative estimate of drug-likeness (QED) is 0.804. The van der Waals surface area contributed by atoms with Crippen LogP contribution in [0.4, 0.5) is 0 Å². The average molecular weight is 220 g/mol. The fourth-order valence-corrected chi connectivity index (χ4v) is 1.72. The molecule has 0 spiro atoms. The Morgan fingerprint density at radius 2 is 2.38 bits per heavy atom. The number of aromatic nitrogens is 3. The molecular weight excluding hydrogens is 204 g/mol. The monoisotopic (exact) mass is 220 g/mol. The minimum Gasteiger partial charge on any atom is -0.469 e. The van der Waals surface area contributed by atoms with Gasteiger partial charge in [0.15, 0.2) is 0 Å². The molecule has 0 saturated heterocycles. The molecular formula is C11H16N4O. The number of rotatable bonds is 5. The van der Waals surface area contributed by atoms with E-state index in [1.165, 1.54) is 6.33 Å². The van der Waals surface area contributed by atoms with Crippen LogP contribution in [0.15, 0.2) is 29.1 Å². The first kappa shape index (κ1) is 10.9. The van der Waals surface area contributed by atoms with Crippen molar-refractivity contribution < 1.29 is 4.42 Å². The van der Waals surface area contributed by atoms with Gasteiger partial charge in [-0.05, 0) is 26.0 Å². The van der Waals surface area contributed by atoms with Crippen molar-refractivity contribution in [2.45, 2.75) is 32.4 Å². The Balaban J connectivity index is 1.85. The van der Waals surface area contributed by atoms with Gasteiger partial charge in [0.05, 0.1) is 12.3 Å². The van der Waals surface area contributed by atoms with Crippen LogP contribution in [0.3, 0.4) is 0 Å². The van der Waals surface area contributed by atoms with E-state index in [0.29, 0.717) is 6.04 Å². The first-order valence-corrected chi connectivity index (χ1v) is 5.39. The number of nitrogens with zero attached hydrogens (tertiary/aromatic N) is 2. The lowest BCUT2D eigenvalue weighted by Gasteiger charge is -2.17. The zero-order chi connectivity index (χ0) is 11.4. The molecule has 0 aliphatic carbocycles. The molecule has 0 aromatic carbocycles. The molecule has 2 N–H and O–H groups in total. The molecule has 0 saturated carbocycles. The van der Waals surface area contributed by atoms with Crippen LogP contribution in [0.25, 0.3) is 0 Å². The molecule has 0 radical (unpaired) electrons. The second-order valence-electron chi connectivity index (χ2n) is 3.94. The third-order valence-electron chi connectivity index (χ3n) is 2.47. The standard InChI is InChI=1S/C11H16N4O/c1-8(6-10-4-3-5-16-10)14-9(2)11-12-7-13-15-11/h3-5,7-9,14H,6H2,1-2H3,(H,12,13,15). The normalized spacial score (nSPS) is 14.9. The molecule has 2 atom stereocenters. The van der Waals surface area contributed by atoms with Gasteiger partial charge in [-0.3, -0.25) is 5.10 Å². The van der Waals surface area contributed by atoms with Gasteiger partial charge in [-0.2, -0.15) is 5.10 Å². The van der Waals surface area contributed by atoms with E-state index in [9.17, 15) is 0 Å². The molecule has 5 heteroatoms. The molecule has 16 heavy (non-hydrogen) atoms. The van der Waals surface area contributed by atoms with Gasteiger partial charge in [0, 0.05) is 12.5 Å². The van der Waals surface area contributed by atoms with Crippen molar-refractivity contribution in [1.29, 1.82) is 0 Å². The maximum absolute atomic E-state index is 5.30. The molecule has 0 aliphatic rings. The fraction of sp³-hybridized carbons (Fsp3) is 0.455. The van der Waals surface area contributed by atoms with E-state index in [2.05, 4.69) is 34.3 Å². The number of nitrogens with one attached hydrogen (secondary N) is 2. The third kappa shape index (κ3) is 2.70. The van der Waals surface area contributed by atoms with E-state index in [1.54, 1.807) is 6.26 Å². The Bertz CT molecular complexity index is 396. The van der Waals surface area contributed by atoms with Crippen molar-refractivity contribution >= 4 is 0 Å². The van der Waals surface area contributed by atoms with Crippen LogP contribution in [0.5, 0.6) is 0 Å². The highest BCUT2D eigenvalue weighted by molar-refractivity contribution is 5.00. The molecule has 0 aliphatic heterocycles. The van der Waals surface area contributed by atoms with E-state index in [1.807, 2.05) is 12.1 Å². The fourth-order valence-electron chi connectivity index (χ4n) is 1.72. The Kier molecular flexibility index (Phi) is 3.36. The van der Waals surface area contributed by atoms with Crippen molar-refractivity contribution in [3.05, 3.63) is 36.3 Å². The summed E-state index contributed by atoms with van der Waals surface area (Å²) in [5.41, 5.74) is 0. The molecule has 86 valence electrons. The van der Waals surface area contributed by atoms with Crippen molar-refractivity contribution in [2.75, 3.05) is 0 Å². The maximum atomic E-state index is 5.30. The summed E-state index contributed by atoms with van der Waals surface area (Å²) >= 11 is 0. The van der Waals surface area contributed by atoms with Crippen LogP contribution < -0.4 is 5.32 Å². The van der Waals surface area contributed by atoms with Gasteiger partial charge in [0.1, 0.15) is 17.9 Å². The highest BCUT2D eigenvalue weighted by Gasteiger charge is 2.12. The van der Waals surface area contributed by atoms with Gasteiger partial charge < -0.3 is 9.73 Å². The number of H-pyrrole nitrogens is 1. The van der Waals surface area contributed by atoms with Crippen molar-refractivity contribution in [1.82, 2.24) is 20.5 Å². The largest absolute Gasteiger partial charge is 0.469 e. The Labute approximate surface area is 94.3 Å². The summed E-state index contributed by atoms with van der Waals surface area (Å²) in [6, 6.07) is 4.37. The first-order chi connectivity index (χ1) is 7.75. The van der Waals surface area contributed by atoms with Gasteiger partial charge in [-0.25, -0.2) is 4.98 Å². The topological polar surface area (TPSA) is 66.7 Å². The summed E-state index contributed by atoms with van der Waals surface area (Å²) < 4.78 is 5.30. The third-order valence-corrected chi connectivity index (χ3v) is 2.47. The van der Waals surface area contributed by atoms with Crippen LogP contribution in [-0.4, -0.2) is 21.2 Å². The van der Waals surface area contributed by atoms with E-state index < -0.39 is 0 Å². The lowest BCUT2D eigenvalue weighted by molar-refractivity contribution is 0.421. The zero-order valence-corrected chi connectivity index (χ0v) is 9.47. The van der Waals surface area contributed by atoms with Crippen molar-refractivity contribution in [3.8, 4) is 0 Å². The molecule has 0 fully saturated rings. The second kappa shape index (κ2) is 4.94. The lowest BCUT2D eigenvalue weighted by atomic mass is 10.1. The summed E-state index contributed by atoms with van der Waals surface area (Å²) in [5.74, 6) is 1.84. The smallest absolute Gasteiger partial charge is 0.141 e. The van der Waals surface area contributed by atoms with Gasteiger partial charge in [0.25, 0.3) is 0 Å². The molecule has 2 aromatic heterocycles. The van der Waals surface area contributed by atoms with Crippen molar-refractivity contribution in [2.24, 2.45) is 0 Å².